The predicted octanol–water partition coefficient (Wildman–Crippen LogP) is 0.537. The van der Waals surface area contributed by atoms with Crippen molar-refractivity contribution in [2.24, 2.45) is 0 Å². The molecule has 2 heterocycles. The first-order chi connectivity index (χ1) is 11.6. The average molecular weight is 330 g/mol. The lowest BCUT2D eigenvalue weighted by Gasteiger charge is -2.13. The Morgan fingerprint density at radius 1 is 1.17 bits per heavy atom. The summed E-state index contributed by atoms with van der Waals surface area (Å²) in [7, 11) is 0. The summed E-state index contributed by atoms with van der Waals surface area (Å²) in [5.41, 5.74) is 0.691. The van der Waals surface area contributed by atoms with Crippen LogP contribution >= 0.6 is 0 Å². The van der Waals surface area contributed by atoms with Crippen LogP contribution in [0.3, 0.4) is 0 Å². The van der Waals surface area contributed by atoms with E-state index in [1.165, 1.54) is 0 Å². The third-order valence-corrected chi connectivity index (χ3v) is 4.24. The highest BCUT2D eigenvalue weighted by Crippen LogP contribution is 2.22. The topological polar surface area (TPSA) is 92.8 Å². The van der Waals surface area contributed by atoms with Crippen LogP contribution in [0.15, 0.2) is 24.3 Å². The molecule has 1 unspecified atom stereocenters. The summed E-state index contributed by atoms with van der Waals surface area (Å²) in [4.78, 5) is 48.9. The second kappa shape index (κ2) is 6.92. The second-order valence-corrected chi connectivity index (χ2v) is 5.83. The van der Waals surface area contributed by atoms with E-state index in [1.807, 2.05) is 0 Å². The van der Waals surface area contributed by atoms with E-state index in [9.17, 15) is 19.2 Å². The number of nitrogens with zero attached hydrogens (tertiary/aromatic N) is 1. The number of amides is 2. The molecule has 1 fully saturated rings. The van der Waals surface area contributed by atoms with E-state index in [0.29, 0.717) is 11.1 Å². The summed E-state index contributed by atoms with van der Waals surface area (Å²) >= 11 is 0. The van der Waals surface area contributed by atoms with Crippen LogP contribution in [0.25, 0.3) is 0 Å². The third kappa shape index (κ3) is 3.21. The smallest absolute Gasteiger partial charge is 0.308 e. The Bertz CT molecular complexity index is 659. The summed E-state index contributed by atoms with van der Waals surface area (Å²) in [6.45, 7) is 0.462. The first kappa shape index (κ1) is 16.3. The van der Waals surface area contributed by atoms with Gasteiger partial charge in [-0.25, -0.2) is 0 Å². The first-order valence-electron chi connectivity index (χ1n) is 7.95. The molecule has 1 saturated heterocycles. The minimum absolute atomic E-state index is 0.0545. The number of nitrogens with one attached hydrogen (secondary N) is 1. The van der Waals surface area contributed by atoms with Crippen molar-refractivity contribution in [1.29, 1.82) is 0 Å². The Hall–Kier alpha value is -2.54. The van der Waals surface area contributed by atoms with Gasteiger partial charge < -0.3 is 10.1 Å². The fraction of sp³-hybridized carbons (Fsp3) is 0.412. The Balaban J connectivity index is 1.48. The molecule has 3 rings (SSSR count). The van der Waals surface area contributed by atoms with Crippen molar-refractivity contribution in [3.8, 4) is 0 Å². The molecule has 1 aromatic rings. The fourth-order valence-corrected chi connectivity index (χ4v) is 2.93. The molecule has 0 bridgehead atoms. The molecule has 1 N–H and O–H groups in total. The Morgan fingerprint density at radius 3 is 2.42 bits per heavy atom. The van der Waals surface area contributed by atoms with Crippen molar-refractivity contribution in [3.05, 3.63) is 35.4 Å². The Labute approximate surface area is 139 Å². The highest BCUT2D eigenvalue weighted by atomic mass is 16.5. The number of esters is 1. The van der Waals surface area contributed by atoms with E-state index in [0.717, 1.165) is 24.3 Å². The summed E-state index contributed by atoms with van der Waals surface area (Å²) in [5.74, 6) is -1.57. The van der Waals surface area contributed by atoms with Gasteiger partial charge in [0, 0.05) is 6.54 Å². The van der Waals surface area contributed by atoms with Crippen molar-refractivity contribution in [2.45, 2.75) is 25.3 Å². The summed E-state index contributed by atoms with van der Waals surface area (Å²) < 4.78 is 4.95. The standard InChI is InChI=1S/C17H18N2O5/c20-14(13-6-3-8-18-13)10-24-15(21)7-9-19-16(22)11-4-1-2-5-12(11)17(19)23/h1-2,4-5,13,18H,3,6-10H2. The largest absolute Gasteiger partial charge is 0.458 e. The number of ketones is 1. The van der Waals surface area contributed by atoms with Gasteiger partial charge in [-0.1, -0.05) is 12.1 Å². The van der Waals surface area contributed by atoms with Gasteiger partial charge in [-0.3, -0.25) is 24.1 Å². The van der Waals surface area contributed by atoms with E-state index in [2.05, 4.69) is 5.32 Å². The number of carbonyl (C=O) groups is 4. The predicted molar refractivity (Wildman–Crippen MR) is 83.4 cm³/mol. The molecule has 2 amide bonds. The van der Waals surface area contributed by atoms with Gasteiger partial charge in [0.1, 0.15) is 0 Å². The lowest BCUT2D eigenvalue weighted by Crippen LogP contribution is -2.35. The van der Waals surface area contributed by atoms with Crippen molar-refractivity contribution in [2.75, 3.05) is 19.7 Å². The summed E-state index contributed by atoms with van der Waals surface area (Å²) in [5, 5.41) is 3.04. The van der Waals surface area contributed by atoms with E-state index in [1.54, 1.807) is 24.3 Å². The van der Waals surface area contributed by atoms with Crippen molar-refractivity contribution in [3.63, 3.8) is 0 Å². The van der Waals surface area contributed by atoms with Crippen LogP contribution in [-0.2, 0) is 14.3 Å². The van der Waals surface area contributed by atoms with Crippen LogP contribution in [0.5, 0.6) is 0 Å². The number of fused-ring (bicyclic) bond motifs is 1. The number of ether oxygens (including phenoxy) is 1. The zero-order chi connectivity index (χ0) is 17.1. The van der Waals surface area contributed by atoms with E-state index in [-0.39, 0.29) is 31.4 Å². The molecule has 24 heavy (non-hydrogen) atoms. The normalized spacial score (nSPS) is 19.5. The average Bonchev–Trinajstić information content (AvgIpc) is 3.20. The molecule has 126 valence electrons. The maximum atomic E-state index is 12.2. The maximum absolute atomic E-state index is 12.2. The van der Waals surface area contributed by atoms with Crippen LogP contribution in [0.1, 0.15) is 40.0 Å². The molecule has 7 nitrogen and oxygen atoms in total. The molecule has 0 radical (unpaired) electrons. The molecule has 1 aromatic carbocycles. The highest BCUT2D eigenvalue weighted by molar-refractivity contribution is 6.21. The van der Waals surface area contributed by atoms with Gasteiger partial charge in [0.05, 0.1) is 23.6 Å². The highest BCUT2D eigenvalue weighted by Gasteiger charge is 2.35. The van der Waals surface area contributed by atoms with Gasteiger partial charge >= 0.3 is 5.97 Å². The molecular weight excluding hydrogens is 312 g/mol. The van der Waals surface area contributed by atoms with Crippen LogP contribution < -0.4 is 5.32 Å². The SMILES string of the molecule is O=C(CCN1C(=O)c2ccccc2C1=O)OCC(=O)C1CCCN1. The van der Waals surface area contributed by atoms with Gasteiger partial charge in [0.15, 0.2) is 12.4 Å². The number of carbonyl (C=O) groups excluding carboxylic acids is 4. The van der Waals surface area contributed by atoms with Crippen molar-refractivity contribution in [1.82, 2.24) is 10.2 Å². The number of imide groups is 1. The van der Waals surface area contributed by atoms with Crippen molar-refractivity contribution < 1.29 is 23.9 Å². The van der Waals surface area contributed by atoms with E-state index in [4.69, 9.17) is 4.74 Å². The maximum Gasteiger partial charge on any atom is 0.308 e. The van der Waals surface area contributed by atoms with Gasteiger partial charge in [-0.05, 0) is 31.5 Å². The monoisotopic (exact) mass is 330 g/mol. The second-order valence-electron chi connectivity index (χ2n) is 5.83. The van der Waals surface area contributed by atoms with Crippen LogP contribution in [0, 0.1) is 0 Å². The fourth-order valence-electron chi connectivity index (χ4n) is 2.93. The van der Waals surface area contributed by atoms with Gasteiger partial charge in [-0.15, -0.1) is 0 Å². The van der Waals surface area contributed by atoms with Gasteiger partial charge in [-0.2, -0.15) is 0 Å². The van der Waals surface area contributed by atoms with E-state index < -0.39 is 17.8 Å². The quantitative estimate of drug-likeness (QED) is 0.604. The molecule has 2 aliphatic heterocycles. The third-order valence-electron chi connectivity index (χ3n) is 4.24. The minimum Gasteiger partial charge on any atom is -0.458 e. The van der Waals surface area contributed by atoms with Gasteiger partial charge in [0.2, 0.25) is 0 Å². The molecule has 7 heteroatoms. The minimum atomic E-state index is -0.599. The number of rotatable bonds is 6. The Kier molecular flexibility index (Phi) is 4.71. The zero-order valence-electron chi connectivity index (χ0n) is 13.1. The van der Waals surface area contributed by atoms with Crippen LogP contribution in [0.2, 0.25) is 0 Å². The lowest BCUT2D eigenvalue weighted by atomic mass is 10.1. The number of hydrogen-bond donors (Lipinski definition) is 1. The van der Waals surface area contributed by atoms with Crippen LogP contribution in [0.4, 0.5) is 0 Å². The number of hydrogen-bond acceptors (Lipinski definition) is 6. The first-order valence-corrected chi connectivity index (χ1v) is 7.95. The molecular formula is C17H18N2O5. The van der Waals surface area contributed by atoms with Crippen LogP contribution in [-0.4, -0.2) is 54.2 Å². The number of benzene rings is 1. The molecule has 2 aliphatic rings. The summed E-state index contributed by atoms with van der Waals surface area (Å²) in [6.07, 6.45) is 1.56. The van der Waals surface area contributed by atoms with Gasteiger partial charge in [0.25, 0.3) is 11.8 Å². The molecule has 0 spiro atoms. The lowest BCUT2D eigenvalue weighted by molar-refractivity contribution is -0.148. The molecule has 1 atom stereocenters. The zero-order valence-corrected chi connectivity index (χ0v) is 13.1. The number of Topliss-reactive ketones (excluding diaryl/α,β-unsaturated/α-hetero) is 1. The molecule has 0 aliphatic carbocycles. The molecule has 0 saturated carbocycles. The molecule has 0 aromatic heterocycles. The Morgan fingerprint density at radius 2 is 1.83 bits per heavy atom. The van der Waals surface area contributed by atoms with Crippen molar-refractivity contribution >= 4 is 23.6 Å². The van der Waals surface area contributed by atoms with E-state index >= 15 is 0 Å². The summed E-state index contributed by atoms with van der Waals surface area (Å²) in [6, 6.07) is 6.30.